The van der Waals surface area contributed by atoms with E-state index in [0.717, 1.165) is 24.8 Å². The van der Waals surface area contributed by atoms with Crippen LogP contribution in [0.25, 0.3) is 0 Å². The number of rotatable bonds is 6. The van der Waals surface area contributed by atoms with Gasteiger partial charge in [0.1, 0.15) is 0 Å². The zero-order chi connectivity index (χ0) is 9.80. The highest BCUT2D eigenvalue weighted by Gasteiger charge is 2.20. The molecule has 0 aliphatic heterocycles. The second-order valence-electron chi connectivity index (χ2n) is 3.75. The summed E-state index contributed by atoms with van der Waals surface area (Å²) in [5.74, 6) is 0.815. The molecular formula is C10H16N2O2. The highest BCUT2D eigenvalue weighted by Crippen LogP contribution is 2.28. The summed E-state index contributed by atoms with van der Waals surface area (Å²) in [4.78, 5) is 3.97. The molecule has 0 aromatic carbocycles. The van der Waals surface area contributed by atoms with Gasteiger partial charge in [-0.2, -0.15) is 0 Å². The minimum Gasteiger partial charge on any atom is -0.390 e. The Morgan fingerprint density at radius 1 is 1.57 bits per heavy atom. The Kier molecular flexibility index (Phi) is 3.16. The van der Waals surface area contributed by atoms with Gasteiger partial charge in [0.25, 0.3) is 0 Å². The molecule has 4 nitrogen and oxygen atoms in total. The molecule has 1 saturated carbocycles. The first-order chi connectivity index (χ1) is 6.90. The van der Waals surface area contributed by atoms with E-state index < -0.39 is 0 Å². The average Bonchev–Trinajstić information content (AvgIpc) is 2.91. The van der Waals surface area contributed by atoms with Gasteiger partial charge in [-0.3, -0.25) is 0 Å². The zero-order valence-electron chi connectivity index (χ0n) is 8.22. The fourth-order valence-corrected chi connectivity index (χ4v) is 1.38. The molecule has 2 rings (SSSR count). The fourth-order valence-electron chi connectivity index (χ4n) is 1.38. The van der Waals surface area contributed by atoms with Gasteiger partial charge in [-0.1, -0.05) is 0 Å². The van der Waals surface area contributed by atoms with Crippen LogP contribution in [0.2, 0.25) is 0 Å². The van der Waals surface area contributed by atoms with E-state index in [-0.39, 0.29) is 6.61 Å². The fraction of sp³-hybridized carbons (Fsp3) is 0.700. The molecule has 0 saturated heterocycles. The number of aromatic nitrogens is 2. The van der Waals surface area contributed by atoms with Crippen LogP contribution in [0.3, 0.4) is 0 Å². The summed E-state index contributed by atoms with van der Waals surface area (Å²) in [6, 6.07) is 0. The Labute approximate surface area is 83.5 Å². The largest absolute Gasteiger partial charge is 0.390 e. The minimum absolute atomic E-state index is 0.0443. The molecule has 1 fully saturated rings. The number of aliphatic hydroxyl groups is 1. The quantitative estimate of drug-likeness (QED) is 0.685. The first-order valence-electron chi connectivity index (χ1n) is 5.07. The SMILES string of the molecule is OCc1cncn1CCOCC1CC1. The molecule has 0 bridgehead atoms. The number of hydrogen-bond donors (Lipinski definition) is 1. The van der Waals surface area contributed by atoms with Crippen molar-refractivity contribution in [3.05, 3.63) is 18.2 Å². The Bertz CT molecular complexity index is 281. The molecule has 78 valence electrons. The minimum atomic E-state index is 0.0443. The van der Waals surface area contributed by atoms with E-state index >= 15 is 0 Å². The molecule has 1 aliphatic rings. The van der Waals surface area contributed by atoms with E-state index in [9.17, 15) is 0 Å². The van der Waals surface area contributed by atoms with Crippen molar-refractivity contribution in [1.82, 2.24) is 9.55 Å². The lowest BCUT2D eigenvalue weighted by Gasteiger charge is -2.06. The van der Waals surface area contributed by atoms with Crippen LogP contribution in [0.4, 0.5) is 0 Å². The molecule has 14 heavy (non-hydrogen) atoms. The van der Waals surface area contributed by atoms with Gasteiger partial charge in [-0.25, -0.2) is 4.98 Å². The van der Waals surface area contributed by atoms with Crippen molar-refractivity contribution in [1.29, 1.82) is 0 Å². The van der Waals surface area contributed by atoms with Crippen LogP contribution < -0.4 is 0 Å². The average molecular weight is 196 g/mol. The monoisotopic (exact) mass is 196 g/mol. The van der Waals surface area contributed by atoms with Crippen LogP contribution in [0.15, 0.2) is 12.5 Å². The van der Waals surface area contributed by atoms with Crippen molar-refractivity contribution in [2.45, 2.75) is 26.0 Å². The number of aliphatic hydroxyl groups excluding tert-OH is 1. The van der Waals surface area contributed by atoms with Crippen LogP contribution in [0.1, 0.15) is 18.5 Å². The molecule has 1 heterocycles. The van der Waals surface area contributed by atoms with Gasteiger partial charge in [0, 0.05) is 13.2 Å². The number of hydrogen-bond acceptors (Lipinski definition) is 3. The molecule has 0 amide bonds. The van der Waals surface area contributed by atoms with Gasteiger partial charge >= 0.3 is 0 Å². The standard InChI is InChI=1S/C10H16N2O2/c13-6-10-5-11-8-12(10)3-4-14-7-9-1-2-9/h5,8-9,13H,1-4,6-7H2. The van der Waals surface area contributed by atoms with E-state index in [4.69, 9.17) is 9.84 Å². The van der Waals surface area contributed by atoms with Crippen molar-refractivity contribution in [3.8, 4) is 0 Å². The molecule has 0 spiro atoms. The molecule has 1 N–H and O–H groups in total. The van der Waals surface area contributed by atoms with Crippen LogP contribution in [0.5, 0.6) is 0 Å². The summed E-state index contributed by atoms with van der Waals surface area (Å²) >= 11 is 0. The van der Waals surface area contributed by atoms with E-state index in [1.807, 2.05) is 4.57 Å². The van der Waals surface area contributed by atoms with Crippen molar-refractivity contribution >= 4 is 0 Å². The van der Waals surface area contributed by atoms with Gasteiger partial charge in [-0.05, 0) is 18.8 Å². The predicted octanol–water partition coefficient (Wildman–Crippen LogP) is 0.802. The van der Waals surface area contributed by atoms with Crippen LogP contribution in [-0.2, 0) is 17.9 Å². The predicted molar refractivity (Wildman–Crippen MR) is 51.7 cm³/mol. The second kappa shape index (κ2) is 4.57. The lowest BCUT2D eigenvalue weighted by Crippen LogP contribution is -2.09. The Balaban J connectivity index is 1.68. The Morgan fingerprint density at radius 3 is 3.14 bits per heavy atom. The normalized spacial score (nSPS) is 16.1. The molecule has 0 atom stereocenters. The van der Waals surface area contributed by atoms with Crippen LogP contribution in [-0.4, -0.2) is 27.9 Å². The van der Waals surface area contributed by atoms with Gasteiger partial charge < -0.3 is 14.4 Å². The third-order valence-electron chi connectivity index (χ3n) is 2.49. The van der Waals surface area contributed by atoms with Gasteiger partial charge in [0.15, 0.2) is 0 Å². The third-order valence-corrected chi connectivity index (χ3v) is 2.49. The summed E-state index contributed by atoms with van der Waals surface area (Å²) < 4.78 is 7.42. The van der Waals surface area contributed by atoms with Crippen molar-refractivity contribution in [2.24, 2.45) is 5.92 Å². The van der Waals surface area contributed by atoms with E-state index in [0.29, 0.717) is 6.61 Å². The Morgan fingerprint density at radius 2 is 2.43 bits per heavy atom. The number of nitrogens with zero attached hydrogens (tertiary/aromatic N) is 2. The lowest BCUT2D eigenvalue weighted by molar-refractivity contribution is 0.115. The summed E-state index contributed by atoms with van der Waals surface area (Å²) in [5.41, 5.74) is 0.847. The first-order valence-corrected chi connectivity index (χ1v) is 5.07. The maximum absolute atomic E-state index is 8.96. The molecule has 4 heteroatoms. The maximum Gasteiger partial charge on any atom is 0.0949 e. The van der Waals surface area contributed by atoms with Crippen LogP contribution in [0, 0.1) is 5.92 Å². The van der Waals surface area contributed by atoms with Crippen molar-refractivity contribution < 1.29 is 9.84 Å². The third kappa shape index (κ3) is 2.56. The summed E-state index contributed by atoms with van der Waals surface area (Å²) in [6.45, 7) is 2.42. The molecule has 1 aromatic heterocycles. The highest BCUT2D eigenvalue weighted by molar-refractivity contribution is 4.95. The maximum atomic E-state index is 8.96. The molecule has 1 aliphatic carbocycles. The molecule has 1 aromatic rings. The van der Waals surface area contributed by atoms with Crippen molar-refractivity contribution in [3.63, 3.8) is 0 Å². The summed E-state index contributed by atoms with van der Waals surface area (Å²) in [7, 11) is 0. The van der Waals surface area contributed by atoms with Gasteiger partial charge in [0.2, 0.25) is 0 Å². The van der Waals surface area contributed by atoms with E-state index in [1.54, 1.807) is 12.5 Å². The van der Waals surface area contributed by atoms with Gasteiger partial charge in [0.05, 0.1) is 31.4 Å². The number of imidazole rings is 1. The smallest absolute Gasteiger partial charge is 0.0949 e. The molecule has 0 unspecified atom stereocenters. The zero-order valence-corrected chi connectivity index (χ0v) is 8.22. The van der Waals surface area contributed by atoms with E-state index in [1.165, 1.54) is 12.8 Å². The lowest BCUT2D eigenvalue weighted by atomic mass is 10.4. The molecule has 0 radical (unpaired) electrons. The van der Waals surface area contributed by atoms with Crippen LogP contribution >= 0.6 is 0 Å². The first kappa shape index (κ1) is 9.68. The second-order valence-corrected chi connectivity index (χ2v) is 3.75. The molecular weight excluding hydrogens is 180 g/mol. The Hall–Kier alpha value is -0.870. The van der Waals surface area contributed by atoms with E-state index in [2.05, 4.69) is 4.98 Å². The number of ether oxygens (including phenoxy) is 1. The van der Waals surface area contributed by atoms with Gasteiger partial charge in [-0.15, -0.1) is 0 Å². The summed E-state index contributed by atoms with van der Waals surface area (Å²) in [6.07, 6.45) is 6.06. The highest BCUT2D eigenvalue weighted by atomic mass is 16.5. The topological polar surface area (TPSA) is 47.3 Å². The summed E-state index contributed by atoms with van der Waals surface area (Å²) in [5, 5.41) is 8.96. The van der Waals surface area contributed by atoms with Crippen molar-refractivity contribution in [2.75, 3.05) is 13.2 Å².